The molecule has 3 heteroatoms. The fourth-order valence-corrected chi connectivity index (χ4v) is 3.07. The van der Waals surface area contributed by atoms with Crippen molar-refractivity contribution in [3.05, 3.63) is 29.8 Å². The zero-order chi connectivity index (χ0) is 14.8. The molecular formula is C17H27N2O+. The minimum atomic E-state index is -0.0283. The van der Waals surface area contributed by atoms with Gasteiger partial charge in [0, 0.05) is 5.69 Å². The van der Waals surface area contributed by atoms with E-state index in [0.29, 0.717) is 6.04 Å². The van der Waals surface area contributed by atoms with Crippen LogP contribution in [0.3, 0.4) is 0 Å². The molecule has 1 atom stereocenters. The Kier molecular flexibility index (Phi) is 4.48. The Bertz CT molecular complexity index is 458. The highest BCUT2D eigenvalue weighted by molar-refractivity contribution is 5.93. The lowest BCUT2D eigenvalue weighted by Gasteiger charge is -2.40. The highest BCUT2D eigenvalue weighted by Crippen LogP contribution is 2.29. The number of quaternary nitrogens is 1. The topological polar surface area (TPSA) is 29.1 Å². The van der Waals surface area contributed by atoms with Crippen LogP contribution in [0.2, 0.25) is 0 Å². The van der Waals surface area contributed by atoms with Crippen LogP contribution < -0.4 is 5.32 Å². The first kappa shape index (κ1) is 15.0. The van der Waals surface area contributed by atoms with Gasteiger partial charge in [0.25, 0.3) is 5.91 Å². The van der Waals surface area contributed by atoms with Crippen molar-refractivity contribution in [1.82, 2.24) is 0 Å². The molecular weight excluding hydrogens is 248 g/mol. The quantitative estimate of drug-likeness (QED) is 0.839. The number of benzene rings is 1. The van der Waals surface area contributed by atoms with E-state index in [1.165, 1.54) is 31.2 Å². The minimum absolute atomic E-state index is 0.0283. The molecule has 0 aromatic heterocycles. The van der Waals surface area contributed by atoms with Gasteiger partial charge >= 0.3 is 0 Å². The Morgan fingerprint density at radius 2 is 1.75 bits per heavy atom. The van der Waals surface area contributed by atoms with Gasteiger partial charge in [-0.1, -0.05) is 17.7 Å². The van der Waals surface area contributed by atoms with Crippen molar-refractivity contribution in [2.45, 2.75) is 51.6 Å². The van der Waals surface area contributed by atoms with Gasteiger partial charge < -0.3 is 9.80 Å². The van der Waals surface area contributed by atoms with Crippen molar-refractivity contribution in [2.24, 2.45) is 0 Å². The summed E-state index contributed by atoms with van der Waals surface area (Å²) < 4.78 is 0.789. The van der Waals surface area contributed by atoms with Crippen LogP contribution in [0.15, 0.2) is 24.3 Å². The number of amides is 1. The predicted octanol–water partition coefficient (Wildman–Crippen LogP) is 3.34. The lowest BCUT2D eigenvalue weighted by atomic mass is 10.1. The van der Waals surface area contributed by atoms with Crippen molar-refractivity contribution in [3.8, 4) is 0 Å². The summed E-state index contributed by atoms with van der Waals surface area (Å²) >= 11 is 0. The molecule has 0 radical (unpaired) electrons. The number of rotatable bonds is 4. The van der Waals surface area contributed by atoms with Crippen LogP contribution in [0.4, 0.5) is 5.69 Å². The first-order chi connectivity index (χ1) is 9.41. The number of hydrogen-bond acceptors (Lipinski definition) is 1. The number of likely N-dealkylation sites (N-methyl/N-ethyl adjacent to an activating group) is 1. The zero-order valence-electron chi connectivity index (χ0n) is 13.1. The SMILES string of the molecule is Cc1ccc(NC(=O)[C@H](C)[N+](C)(C)C2CCCC2)cc1. The summed E-state index contributed by atoms with van der Waals surface area (Å²) in [5, 5.41) is 3.04. The lowest BCUT2D eigenvalue weighted by molar-refractivity contribution is -0.927. The number of aryl methyl sites for hydroxylation is 1. The van der Waals surface area contributed by atoms with Gasteiger partial charge in [-0.15, -0.1) is 0 Å². The van der Waals surface area contributed by atoms with E-state index in [9.17, 15) is 4.79 Å². The van der Waals surface area contributed by atoms with E-state index in [2.05, 4.69) is 19.4 Å². The second-order valence-corrected chi connectivity index (χ2v) is 6.60. The predicted molar refractivity (Wildman–Crippen MR) is 83.6 cm³/mol. The van der Waals surface area contributed by atoms with Gasteiger partial charge in [0.05, 0.1) is 20.1 Å². The average Bonchev–Trinajstić information content (AvgIpc) is 2.95. The lowest BCUT2D eigenvalue weighted by Crippen LogP contribution is -2.57. The maximum absolute atomic E-state index is 12.5. The average molecular weight is 275 g/mol. The Labute approximate surface area is 122 Å². The maximum Gasteiger partial charge on any atom is 0.282 e. The molecule has 1 aliphatic rings. The van der Waals surface area contributed by atoms with Gasteiger partial charge in [0.2, 0.25) is 0 Å². The van der Waals surface area contributed by atoms with Crippen LogP contribution in [-0.2, 0) is 4.79 Å². The van der Waals surface area contributed by atoms with Crippen LogP contribution in [0.25, 0.3) is 0 Å². The van der Waals surface area contributed by atoms with Crippen LogP contribution in [-0.4, -0.2) is 36.6 Å². The largest absolute Gasteiger partial charge is 0.321 e. The van der Waals surface area contributed by atoms with E-state index in [1.54, 1.807) is 0 Å². The van der Waals surface area contributed by atoms with Crippen molar-refractivity contribution in [2.75, 3.05) is 19.4 Å². The molecule has 1 amide bonds. The summed E-state index contributed by atoms with van der Waals surface area (Å²) in [6.07, 6.45) is 5.10. The molecule has 110 valence electrons. The maximum atomic E-state index is 12.5. The Hall–Kier alpha value is -1.35. The third-order valence-corrected chi connectivity index (χ3v) is 4.96. The monoisotopic (exact) mass is 275 g/mol. The van der Waals surface area contributed by atoms with E-state index < -0.39 is 0 Å². The molecule has 1 saturated carbocycles. The van der Waals surface area contributed by atoms with Crippen molar-refractivity contribution >= 4 is 11.6 Å². The van der Waals surface area contributed by atoms with Crippen LogP contribution in [0.1, 0.15) is 38.2 Å². The first-order valence-electron chi connectivity index (χ1n) is 7.62. The Balaban J connectivity index is 2.02. The van der Waals surface area contributed by atoms with Crippen LogP contribution in [0, 0.1) is 6.92 Å². The molecule has 0 aliphatic heterocycles. The van der Waals surface area contributed by atoms with E-state index in [-0.39, 0.29) is 11.9 Å². The third kappa shape index (κ3) is 3.21. The molecule has 0 spiro atoms. The molecule has 0 saturated heterocycles. The van der Waals surface area contributed by atoms with Gasteiger partial charge in [0.15, 0.2) is 6.04 Å². The molecule has 1 N–H and O–H groups in total. The van der Waals surface area contributed by atoms with Gasteiger partial charge in [-0.25, -0.2) is 0 Å². The van der Waals surface area contributed by atoms with Crippen molar-refractivity contribution < 1.29 is 9.28 Å². The Morgan fingerprint density at radius 1 is 1.20 bits per heavy atom. The van der Waals surface area contributed by atoms with E-state index in [0.717, 1.165) is 10.2 Å². The molecule has 0 heterocycles. The highest BCUT2D eigenvalue weighted by Gasteiger charge is 2.39. The number of hydrogen-bond donors (Lipinski definition) is 1. The summed E-state index contributed by atoms with van der Waals surface area (Å²) in [5.74, 6) is 0.116. The number of carbonyl (C=O) groups excluding carboxylic acids is 1. The smallest absolute Gasteiger partial charge is 0.282 e. The van der Waals surface area contributed by atoms with Crippen LogP contribution in [0.5, 0.6) is 0 Å². The van der Waals surface area contributed by atoms with Crippen LogP contribution >= 0.6 is 0 Å². The molecule has 20 heavy (non-hydrogen) atoms. The second kappa shape index (κ2) is 5.96. The fraction of sp³-hybridized carbons (Fsp3) is 0.588. The second-order valence-electron chi connectivity index (χ2n) is 6.60. The molecule has 1 aromatic rings. The first-order valence-corrected chi connectivity index (χ1v) is 7.62. The van der Waals surface area contributed by atoms with E-state index in [1.807, 2.05) is 38.1 Å². The molecule has 3 nitrogen and oxygen atoms in total. The minimum Gasteiger partial charge on any atom is -0.321 e. The van der Waals surface area contributed by atoms with Gasteiger partial charge in [-0.05, 0) is 51.7 Å². The Morgan fingerprint density at radius 3 is 2.30 bits per heavy atom. The molecule has 0 unspecified atom stereocenters. The summed E-state index contributed by atoms with van der Waals surface area (Å²) in [6, 6.07) is 8.58. The van der Waals surface area contributed by atoms with Gasteiger partial charge in [0.1, 0.15) is 0 Å². The van der Waals surface area contributed by atoms with Crippen molar-refractivity contribution in [1.29, 1.82) is 0 Å². The van der Waals surface area contributed by atoms with E-state index >= 15 is 0 Å². The zero-order valence-corrected chi connectivity index (χ0v) is 13.1. The normalized spacial score (nSPS) is 18.0. The number of carbonyl (C=O) groups is 1. The molecule has 2 rings (SSSR count). The summed E-state index contributed by atoms with van der Waals surface area (Å²) in [5.41, 5.74) is 2.09. The number of anilines is 1. The van der Waals surface area contributed by atoms with Crippen molar-refractivity contribution in [3.63, 3.8) is 0 Å². The fourth-order valence-electron chi connectivity index (χ4n) is 3.07. The third-order valence-electron chi connectivity index (χ3n) is 4.96. The van der Waals surface area contributed by atoms with Gasteiger partial charge in [-0.3, -0.25) is 4.79 Å². The molecule has 1 aromatic carbocycles. The molecule has 1 fully saturated rings. The number of nitrogens with zero attached hydrogens (tertiary/aromatic N) is 1. The summed E-state index contributed by atoms with van der Waals surface area (Å²) in [7, 11) is 4.38. The standard InChI is InChI=1S/C17H26N2O/c1-13-9-11-15(12-10-13)18-17(20)14(2)19(3,4)16-7-5-6-8-16/h9-12,14,16H,5-8H2,1-4H3/p+1/t14-/m0/s1. The van der Waals surface area contributed by atoms with E-state index in [4.69, 9.17) is 0 Å². The highest BCUT2D eigenvalue weighted by atomic mass is 16.2. The summed E-state index contributed by atoms with van der Waals surface area (Å²) in [4.78, 5) is 12.5. The molecule has 1 aliphatic carbocycles. The van der Waals surface area contributed by atoms with Gasteiger partial charge in [-0.2, -0.15) is 0 Å². The molecule has 0 bridgehead atoms. The number of nitrogens with one attached hydrogen (secondary N) is 1. The summed E-state index contributed by atoms with van der Waals surface area (Å²) in [6.45, 7) is 4.09.